The first kappa shape index (κ1) is 26.4. The van der Waals surface area contributed by atoms with Crippen molar-refractivity contribution in [3.05, 3.63) is 45.1 Å². The number of anilines is 2. The molecule has 4 rings (SSSR count). The summed E-state index contributed by atoms with van der Waals surface area (Å²) >= 11 is 6.96. The molecular formula is C23H24ClF3N4O4S. The van der Waals surface area contributed by atoms with Gasteiger partial charge in [0.05, 0.1) is 27.1 Å². The zero-order chi connectivity index (χ0) is 26.0. The zero-order valence-electron chi connectivity index (χ0n) is 19.2. The van der Waals surface area contributed by atoms with Crippen LogP contribution in [0.1, 0.15) is 28.1 Å². The Bertz CT molecular complexity index is 1150. The predicted octanol–water partition coefficient (Wildman–Crippen LogP) is 3.61. The molecule has 1 aromatic heterocycles. The number of likely N-dealkylation sites (N-methyl/N-ethyl adjacent to an activating group) is 1. The molecule has 2 aromatic rings. The average molecular weight is 545 g/mol. The Kier molecular flexibility index (Phi) is 7.88. The van der Waals surface area contributed by atoms with Gasteiger partial charge in [-0.2, -0.15) is 13.2 Å². The summed E-state index contributed by atoms with van der Waals surface area (Å²) in [5.41, 5.74) is -1.43. The van der Waals surface area contributed by atoms with Gasteiger partial charge in [-0.25, -0.2) is 0 Å². The van der Waals surface area contributed by atoms with Gasteiger partial charge in [-0.05, 0) is 50.2 Å². The summed E-state index contributed by atoms with van der Waals surface area (Å²) in [6.45, 7) is 0.0305. The second kappa shape index (κ2) is 10.8. The number of hydrogen-bond acceptors (Lipinski definition) is 6. The van der Waals surface area contributed by atoms with E-state index in [0.717, 1.165) is 36.3 Å². The number of ether oxygens (including phenoxy) is 1. The van der Waals surface area contributed by atoms with E-state index < -0.39 is 41.2 Å². The Hall–Kier alpha value is -2.67. The van der Waals surface area contributed by atoms with E-state index in [1.54, 1.807) is 24.1 Å². The van der Waals surface area contributed by atoms with Gasteiger partial charge in [-0.15, -0.1) is 11.3 Å². The van der Waals surface area contributed by atoms with Gasteiger partial charge < -0.3 is 20.3 Å². The molecule has 1 saturated heterocycles. The van der Waals surface area contributed by atoms with Crippen LogP contribution in [0.2, 0.25) is 4.34 Å². The molecule has 1 aliphatic carbocycles. The topological polar surface area (TPSA) is 91.0 Å². The van der Waals surface area contributed by atoms with Crippen LogP contribution in [-0.2, 0) is 20.5 Å². The maximum absolute atomic E-state index is 13.9. The molecule has 1 atom stereocenters. The minimum Gasteiger partial charge on any atom is -0.370 e. The van der Waals surface area contributed by atoms with Crippen molar-refractivity contribution in [3.63, 3.8) is 0 Å². The number of halogens is 4. The van der Waals surface area contributed by atoms with Gasteiger partial charge >= 0.3 is 6.18 Å². The molecule has 36 heavy (non-hydrogen) atoms. The lowest BCUT2D eigenvalue weighted by Crippen LogP contribution is -2.50. The SMILES string of the molecule is CN(C1CC1)[C@H](CNC(=O)c1ccc(Cl)s1)C(=O)Nc1ccc(N2CCOCC2=O)cc1C(F)(F)F. The monoisotopic (exact) mass is 544 g/mol. The summed E-state index contributed by atoms with van der Waals surface area (Å²) in [6, 6.07) is 5.67. The zero-order valence-corrected chi connectivity index (χ0v) is 20.8. The first-order valence-corrected chi connectivity index (χ1v) is 12.4. The van der Waals surface area contributed by atoms with Gasteiger partial charge in [0.15, 0.2) is 0 Å². The molecule has 1 aliphatic heterocycles. The van der Waals surface area contributed by atoms with Gasteiger partial charge in [0.2, 0.25) is 5.91 Å². The predicted molar refractivity (Wildman–Crippen MR) is 129 cm³/mol. The molecule has 0 spiro atoms. The van der Waals surface area contributed by atoms with Gasteiger partial charge in [-0.1, -0.05) is 11.6 Å². The largest absolute Gasteiger partial charge is 0.418 e. The fourth-order valence-electron chi connectivity index (χ4n) is 3.92. The van der Waals surface area contributed by atoms with Crippen molar-refractivity contribution in [1.29, 1.82) is 0 Å². The van der Waals surface area contributed by atoms with Gasteiger partial charge in [0.1, 0.15) is 12.6 Å². The molecule has 194 valence electrons. The number of nitrogens with zero attached hydrogens (tertiary/aromatic N) is 2. The highest BCUT2D eigenvalue weighted by molar-refractivity contribution is 7.18. The number of benzene rings is 1. The van der Waals surface area contributed by atoms with Crippen molar-refractivity contribution in [2.45, 2.75) is 31.1 Å². The fraction of sp³-hybridized carbons (Fsp3) is 0.435. The lowest BCUT2D eigenvalue weighted by Gasteiger charge is -2.29. The third-order valence-corrected chi connectivity index (χ3v) is 7.26. The Morgan fingerprint density at radius 2 is 2.03 bits per heavy atom. The summed E-state index contributed by atoms with van der Waals surface area (Å²) < 4.78 is 47.3. The van der Waals surface area contributed by atoms with Crippen LogP contribution in [-0.4, -0.2) is 68.1 Å². The highest BCUT2D eigenvalue weighted by Crippen LogP contribution is 2.38. The molecule has 3 amide bonds. The Balaban J connectivity index is 1.53. The molecule has 0 bridgehead atoms. The number of nitrogens with one attached hydrogen (secondary N) is 2. The van der Waals surface area contributed by atoms with E-state index in [9.17, 15) is 27.6 Å². The Labute approximate surface area is 214 Å². The van der Waals surface area contributed by atoms with Crippen LogP contribution >= 0.6 is 22.9 Å². The minimum absolute atomic E-state index is 0.0714. The lowest BCUT2D eigenvalue weighted by atomic mass is 10.1. The summed E-state index contributed by atoms with van der Waals surface area (Å²) in [6.07, 6.45) is -3.08. The molecular weight excluding hydrogens is 521 g/mol. The second-order valence-electron chi connectivity index (χ2n) is 8.54. The van der Waals surface area contributed by atoms with Crippen molar-refractivity contribution < 1.29 is 32.3 Å². The minimum atomic E-state index is -4.78. The number of carbonyl (C=O) groups is 3. The van der Waals surface area contributed by atoms with E-state index in [-0.39, 0.29) is 38.0 Å². The maximum atomic E-state index is 13.9. The van der Waals surface area contributed by atoms with E-state index in [1.165, 1.54) is 11.0 Å². The maximum Gasteiger partial charge on any atom is 0.418 e. The van der Waals surface area contributed by atoms with Gasteiger partial charge in [-0.3, -0.25) is 19.3 Å². The number of rotatable bonds is 8. The third kappa shape index (κ3) is 6.17. The molecule has 2 fully saturated rings. The second-order valence-corrected chi connectivity index (χ2v) is 10.3. The van der Waals surface area contributed by atoms with Crippen LogP contribution in [0.5, 0.6) is 0 Å². The molecule has 8 nitrogen and oxygen atoms in total. The fourth-order valence-corrected chi connectivity index (χ4v) is 4.88. The van der Waals surface area contributed by atoms with Crippen LogP contribution in [0.4, 0.5) is 24.5 Å². The van der Waals surface area contributed by atoms with Crippen molar-refractivity contribution in [3.8, 4) is 0 Å². The number of alkyl halides is 3. The van der Waals surface area contributed by atoms with Gasteiger partial charge in [0.25, 0.3) is 11.8 Å². The standard InChI is InChI=1S/C23H24ClF3N4O4S/c1-30(13-2-3-13)17(11-28-22(34)18-6-7-19(24)36-18)21(33)29-16-5-4-14(10-15(16)23(25,26)27)31-8-9-35-12-20(31)32/h4-7,10,13,17H,2-3,8-9,11-12H2,1H3,(H,28,34)(H,29,33)/t17-/m1/s1. The van der Waals surface area contributed by atoms with E-state index in [2.05, 4.69) is 10.6 Å². The van der Waals surface area contributed by atoms with Crippen molar-refractivity contribution in [2.24, 2.45) is 0 Å². The van der Waals surface area contributed by atoms with Crippen LogP contribution in [0.25, 0.3) is 0 Å². The number of hydrogen-bond donors (Lipinski definition) is 2. The van der Waals surface area contributed by atoms with Crippen LogP contribution in [0, 0.1) is 0 Å². The highest BCUT2D eigenvalue weighted by Gasteiger charge is 2.38. The van der Waals surface area contributed by atoms with E-state index in [1.807, 2.05) is 0 Å². The molecule has 1 aromatic carbocycles. The molecule has 0 radical (unpaired) electrons. The Morgan fingerprint density at radius 3 is 2.64 bits per heavy atom. The summed E-state index contributed by atoms with van der Waals surface area (Å²) in [5.74, 6) is -1.56. The van der Waals surface area contributed by atoms with Crippen LogP contribution < -0.4 is 15.5 Å². The third-order valence-electron chi connectivity index (χ3n) is 6.03. The number of amides is 3. The number of thiophene rings is 1. The van der Waals surface area contributed by atoms with E-state index >= 15 is 0 Å². The van der Waals surface area contributed by atoms with Crippen LogP contribution in [0.15, 0.2) is 30.3 Å². The normalized spacial score (nSPS) is 17.3. The Morgan fingerprint density at radius 1 is 1.28 bits per heavy atom. The molecule has 0 unspecified atom stereocenters. The molecule has 2 aliphatic rings. The summed E-state index contributed by atoms with van der Waals surface area (Å²) in [4.78, 5) is 41.1. The highest BCUT2D eigenvalue weighted by atomic mass is 35.5. The average Bonchev–Trinajstić information content (AvgIpc) is 3.59. The molecule has 1 saturated carbocycles. The van der Waals surface area contributed by atoms with Crippen LogP contribution in [0.3, 0.4) is 0 Å². The van der Waals surface area contributed by atoms with Crippen molar-refractivity contribution in [2.75, 3.05) is 43.6 Å². The smallest absolute Gasteiger partial charge is 0.370 e. The van der Waals surface area contributed by atoms with Crippen molar-refractivity contribution >= 4 is 52.0 Å². The van der Waals surface area contributed by atoms with E-state index in [4.69, 9.17) is 16.3 Å². The first-order valence-electron chi connectivity index (χ1n) is 11.2. The summed E-state index contributed by atoms with van der Waals surface area (Å²) in [5, 5.41) is 5.07. The lowest BCUT2D eigenvalue weighted by molar-refractivity contribution is -0.137. The van der Waals surface area contributed by atoms with Gasteiger partial charge in [0, 0.05) is 24.8 Å². The van der Waals surface area contributed by atoms with Crippen molar-refractivity contribution in [1.82, 2.24) is 10.2 Å². The van der Waals surface area contributed by atoms with E-state index in [0.29, 0.717) is 9.21 Å². The molecule has 2 N–H and O–H groups in total. The number of carbonyl (C=O) groups excluding carboxylic acids is 3. The number of morpholine rings is 1. The summed E-state index contributed by atoms with van der Waals surface area (Å²) in [7, 11) is 1.70. The first-order chi connectivity index (χ1) is 17.0. The molecule has 2 heterocycles. The molecule has 13 heteroatoms. The quantitative estimate of drug-likeness (QED) is 0.530.